The molecule has 0 spiro atoms. The van der Waals surface area contributed by atoms with Crippen molar-refractivity contribution in [2.75, 3.05) is 26.4 Å². The van der Waals surface area contributed by atoms with Gasteiger partial charge in [0.25, 0.3) is 0 Å². The van der Waals surface area contributed by atoms with E-state index in [-0.39, 0.29) is 17.4 Å². The van der Waals surface area contributed by atoms with E-state index in [1.54, 1.807) is 0 Å². The normalized spacial score (nSPS) is 11.2. The fourth-order valence-electron chi connectivity index (χ4n) is 3.97. The van der Waals surface area contributed by atoms with Gasteiger partial charge in [0.1, 0.15) is 11.5 Å². The third-order valence-electron chi connectivity index (χ3n) is 6.31. The van der Waals surface area contributed by atoms with E-state index < -0.39 is 0 Å². The van der Waals surface area contributed by atoms with E-state index in [0.717, 1.165) is 79.8 Å². The number of carbonyl (C=O) groups is 2. The van der Waals surface area contributed by atoms with Crippen molar-refractivity contribution in [1.29, 1.82) is 0 Å². The molecular formula is C34H46N2O6. The molecular weight excluding hydrogens is 532 g/mol. The molecule has 2 aromatic rings. The summed E-state index contributed by atoms with van der Waals surface area (Å²) in [6.45, 7) is 15.3. The Morgan fingerprint density at radius 2 is 1.14 bits per heavy atom. The molecule has 0 radical (unpaired) electrons. The van der Waals surface area contributed by atoms with Crippen LogP contribution in [0.15, 0.2) is 78.0 Å². The second kappa shape index (κ2) is 19.2. The van der Waals surface area contributed by atoms with Gasteiger partial charge in [-0.2, -0.15) is 10.2 Å². The van der Waals surface area contributed by atoms with Crippen LogP contribution >= 0.6 is 0 Å². The molecule has 0 aliphatic rings. The molecule has 42 heavy (non-hydrogen) atoms. The Hall–Kier alpha value is -3.94. The highest BCUT2D eigenvalue weighted by atomic mass is 16.5. The molecule has 2 rings (SSSR count). The Morgan fingerprint density at radius 1 is 0.667 bits per heavy atom. The van der Waals surface area contributed by atoms with E-state index in [1.165, 1.54) is 12.2 Å². The fraction of sp³-hybridized carbons (Fsp3) is 0.471. The van der Waals surface area contributed by atoms with Gasteiger partial charge in [0.05, 0.1) is 37.8 Å². The summed E-state index contributed by atoms with van der Waals surface area (Å²) in [6, 6.07) is 13.5. The lowest BCUT2D eigenvalue weighted by molar-refractivity contribution is -0.138. The second-order valence-electron chi connectivity index (χ2n) is 10.9. The van der Waals surface area contributed by atoms with Gasteiger partial charge >= 0.3 is 11.9 Å². The Balaban J connectivity index is 1.77. The van der Waals surface area contributed by atoms with Crippen LogP contribution in [0.5, 0.6) is 11.5 Å². The molecule has 0 amide bonds. The third-order valence-corrected chi connectivity index (χ3v) is 6.31. The zero-order valence-electron chi connectivity index (χ0n) is 25.4. The van der Waals surface area contributed by atoms with Crippen molar-refractivity contribution in [3.63, 3.8) is 0 Å². The molecule has 0 saturated heterocycles. The molecule has 0 fully saturated rings. The summed E-state index contributed by atoms with van der Waals surface area (Å²) in [4.78, 5) is 22.1. The summed E-state index contributed by atoms with van der Waals surface area (Å²) in [5.74, 6) is 0.905. The predicted molar refractivity (Wildman–Crippen MR) is 166 cm³/mol. The summed E-state index contributed by atoms with van der Waals surface area (Å²) in [5, 5.41) is 8.86. The van der Waals surface area contributed by atoms with E-state index in [9.17, 15) is 9.59 Å². The van der Waals surface area contributed by atoms with E-state index in [4.69, 9.17) is 18.9 Å². The Kier molecular flexibility index (Phi) is 15.7. The molecule has 0 aliphatic heterocycles. The van der Waals surface area contributed by atoms with E-state index in [1.807, 2.05) is 42.5 Å². The molecule has 0 bridgehead atoms. The summed E-state index contributed by atoms with van der Waals surface area (Å²) in [7, 11) is 0. The van der Waals surface area contributed by atoms with Crippen molar-refractivity contribution < 1.29 is 28.5 Å². The zero-order chi connectivity index (χ0) is 30.6. The maximum Gasteiger partial charge on any atom is 0.330 e. The summed E-state index contributed by atoms with van der Waals surface area (Å²) in [5.41, 5.74) is 2.47. The highest BCUT2D eigenvalue weighted by Gasteiger charge is 2.20. The van der Waals surface area contributed by atoms with Gasteiger partial charge in [0.15, 0.2) is 0 Å². The maximum absolute atomic E-state index is 11.1. The SMILES string of the molecule is C=CC(=O)OCCCCCCOc1ccc(N=Nc2ccc(OCCCCCCOC(=O)C=C)c(C(C)(C)C)c2)cc1. The van der Waals surface area contributed by atoms with Crippen molar-refractivity contribution in [3.05, 3.63) is 73.3 Å². The van der Waals surface area contributed by atoms with Crippen LogP contribution in [0.2, 0.25) is 0 Å². The first kappa shape index (κ1) is 34.3. The number of esters is 2. The smallest absolute Gasteiger partial charge is 0.330 e. The number of hydrogen-bond acceptors (Lipinski definition) is 8. The summed E-state index contributed by atoms with van der Waals surface area (Å²) < 4.78 is 21.9. The van der Waals surface area contributed by atoms with Gasteiger partial charge in [0.2, 0.25) is 0 Å². The number of ether oxygens (including phenoxy) is 4. The van der Waals surface area contributed by atoms with Gasteiger partial charge in [-0.1, -0.05) is 33.9 Å². The van der Waals surface area contributed by atoms with Crippen molar-refractivity contribution in [3.8, 4) is 11.5 Å². The highest BCUT2D eigenvalue weighted by molar-refractivity contribution is 5.81. The van der Waals surface area contributed by atoms with Gasteiger partial charge in [-0.3, -0.25) is 0 Å². The molecule has 0 heterocycles. The molecule has 0 saturated carbocycles. The monoisotopic (exact) mass is 578 g/mol. The van der Waals surface area contributed by atoms with E-state index in [0.29, 0.717) is 26.4 Å². The van der Waals surface area contributed by atoms with Gasteiger partial charge in [-0.25, -0.2) is 9.59 Å². The quantitative estimate of drug-likeness (QED) is 0.0674. The molecule has 0 N–H and O–H groups in total. The number of rotatable bonds is 20. The van der Waals surface area contributed by atoms with E-state index >= 15 is 0 Å². The zero-order valence-corrected chi connectivity index (χ0v) is 25.4. The fourth-order valence-corrected chi connectivity index (χ4v) is 3.97. The molecule has 2 aromatic carbocycles. The number of unbranched alkanes of at least 4 members (excludes halogenated alkanes) is 6. The third kappa shape index (κ3) is 14.1. The predicted octanol–water partition coefficient (Wildman–Crippen LogP) is 8.74. The van der Waals surface area contributed by atoms with Gasteiger partial charge in [-0.15, -0.1) is 0 Å². The average molecular weight is 579 g/mol. The lowest BCUT2D eigenvalue weighted by Gasteiger charge is -2.23. The Bertz CT molecular complexity index is 1150. The summed E-state index contributed by atoms with van der Waals surface area (Å²) >= 11 is 0. The van der Waals surface area contributed by atoms with Crippen LogP contribution in [0.1, 0.15) is 77.7 Å². The number of azo groups is 1. The van der Waals surface area contributed by atoms with Gasteiger partial charge < -0.3 is 18.9 Å². The van der Waals surface area contributed by atoms with Crippen LogP contribution in [-0.4, -0.2) is 38.4 Å². The minimum Gasteiger partial charge on any atom is -0.494 e. The Labute approximate surface area is 250 Å². The van der Waals surface area contributed by atoms with Gasteiger partial charge in [-0.05, 0) is 99.2 Å². The maximum atomic E-state index is 11.1. The van der Waals surface area contributed by atoms with Crippen LogP contribution in [-0.2, 0) is 24.5 Å². The van der Waals surface area contributed by atoms with Crippen molar-refractivity contribution in [2.45, 2.75) is 77.6 Å². The van der Waals surface area contributed by atoms with Gasteiger partial charge in [0, 0.05) is 17.7 Å². The molecule has 0 aromatic heterocycles. The minimum absolute atomic E-state index is 0.118. The van der Waals surface area contributed by atoms with Crippen LogP contribution in [0.4, 0.5) is 11.4 Å². The van der Waals surface area contributed by atoms with Crippen LogP contribution in [0.3, 0.4) is 0 Å². The Morgan fingerprint density at radius 3 is 1.67 bits per heavy atom. The van der Waals surface area contributed by atoms with Crippen molar-refractivity contribution in [1.82, 2.24) is 0 Å². The van der Waals surface area contributed by atoms with Crippen LogP contribution in [0.25, 0.3) is 0 Å². The first-order chi connectivity index (χ1) is 20.2. The van der Waals surface area contributed by atoms with Crippen LogP contribution in [0, 0.1) is 0 Å². The molecule has 228 valence electrons. The number of benzene rings is 2. The number of hydrogen-bond donors (Lipinski definition) is 0. The minimum atomic E-state index is -0.374. The molecule has 8 nitrogen and oxygen atoms in total. The lowest BCUT2D eigenvalue weighted by atomic mass is 9.86. The second-order valence-corrected chi connectivity index (χ2v) is 10.9. The number of nitrogens with zero attached hydrogens (tertiary/aromatic N) is 2. The van der Waals surface area contributed by atoms with Crippen LogP contribution < -0.4 is 9.47 Å². The van der Waals surface area contributed by atoms with Crippen molar-refractivity contribution >= 4 is 23.3 Å². The van der Waals surface area contributed by atoms with Crippen molar-refractivity contribution in [2.24, 2.45) is 10.2 Å². The summed E-state index contributed by atoms with van der Waals surface area (Å²) in [6.07, 6.45) is 9.87. The lowest BCUT2D eigenvalue weighted by Crippen LogP contribution is -2.13. The topological polar surface area (TPSA) is 95.8 Å². The van der Waals surface area contributed by atoms with E-state index in [2.05, 4.69) is 44.2 Å². The highest BCUT2D eigenvalue weighted by Crippen LogP contribution is 2.35. The standard InChI is InChI=1S/C34H46N2O6/c1-6-32(37)41-24-14-10-8-12-22-39-29-19-16-27(17-20-29)35-36-28-18-21-31(30(26-28)34(3,4)5)40-23-13-9-11-15-25-42-33(38)7-2/h6-7,16-21,26H,1-2,8-15,22-25H2,3-5H3. The molecule has 0 aliphatic carbocycles. The molecule has 0 atom stereocenters. The number of carbonyl (C=O) groups excluding carboxylic acids is 2. The average Bonchev–Trinajstić information content (AvgIpc) is 2.98. The largest absolute Gasteiger partial charge is 0.494 e. The molecule has 0 unspecified atom stereocenters. The first-order valence-corrected chi connectivity index (χ1v) is 14.7. The first-order valence-electron chi connectivity index (χ1n) is 14.7. The molecule has 8 heteroatoms.